The molecule has 1 fully saturated rings. The van der Waals surface area contributed by atoms with E-state index in [-0.39, 0.29) is 5.91 Å². The summed E-state index contributed by atoms with van der Waals surface area (Å²) in [6.45, 7) is 1.57. The van der Waals surface area contributed by atoms with Crippen molar-refractivity contribution < 1.29 is 9.53 Å². The zero-order chi connectivity index (χ0) is 9.68. The number of ether oxygens (including phenoxy) is 1. The Morgan fingerprint density at radius 3 is 2.54 bits per heavy atom. The summed E-state index contributed by atoms with van der Waals surface area (Å²) in [4.78, 5) is 10.8. The smallest absolute Gasteiger partial charge is 0.217 e. The molecule has 1 rings (SSSR count). The second kappa shape index (κ2) is 5.60. The number of carbonyl (C=O) groups excluding carboxylic acids is 1. The highest BCUT2D eigenvalue weighted by molar-refractivity contribution is 9.09. The predicted octanol–water partition coefficient (Wildman–Crippen LogP) is 1.80. The molecule has 0 unspecified atom stereocenters. The van der Waals surface area contributed by atoms with E-state index >= 15 is 0 Å². The van der Waals surface area contributed by atoms with Gasteiger partial charge in [-0.05, 0) is 25.7 Å². The van der Waals surface area contributed by atoms with Crippen LogP contribution in [0.2, 0.25) is 0 Å². The van der Waals surface area contributed by atoms with Gasteiger partial charge in [0.2, 0.25) is 5.91 Å². The highest BCUT2D eigenvalue weighted by Gasteiger charge is 2.21. The van der Waals surface area contributed by atoms with Crippen LogP contribution in [0.3, 0.4) is 0 Å². The van der Waals surface area contributed by atoms with Crippen LogP contribution in [-0.4, -0.2) is 23.6 Å². The molecule has 76 valence electrons. The highest BCUT2D eigenvalue weighted by Crippen LogP contribution is 2.21. The molecule has 1 amide bonds. The van der Waals surface area contributed by atoms with Crippen LogP contribution in [-0.2, 0) is 9.53 Å². The molecule has 0 aliphatic heterocycles. The molecule has 4 heteroatoms. The van der Waals surface area contributed by atoms with E-state index in [2.05, 4.69) is 21.2 Å². The summed E-state index contributed by atoms with van der Waals surface area (Å²) in [5, 5.41) is 2.94. The Kier molecular flexibility index (Phi) is 4.73. The Balaban J connectivity index is 2.18. The summed E-state index contributed by atoms with van der Waals surface area (Å²) < 4.78 is 5.44. The zero-order valence-corrected chi connectivity index (χ0v) is 9.47. The first-order valence-electron chi connectivity index (χ1n) is 4.67. The lowest BCUT2D eigenvalue weighted by atomic mass is 9.93. The number of alkyl halides is 1. The summed E-state index contributed by atoms with van der Waals surface area (Å²) >= 11 is 3.25. The van der Waals surface area contributed by atoms with Gasteiger partial charge in [-0.2, -0.15) is 0 Å². The second-order valence-electron chi connectivity index (χ2n) is 3.45. The van der Waals surface area contributed by atoms with Gasteiger partial charge in [0.05, 0.1) is 6.10 Å². The van der Waals surface area contributed by atoms with Crippen molar-refractivity contribution in [2.24, 2.45) is 0 Å². The Labute approximate surface area is 87.3 Å². The number of hydrogen-bond acceptors (Lipinski definition) is 2. The Morgan fingerprint density at radius 1 is 1.46 bits per heavy atom. The standard InChI is InChI=1S/C9H16BrNO2/c1-7(12)11-8-2-4-9(5-3-8)13-6-10/h8-9H,2-6H2,1H3,(H,11,12). The lowest BCUT2D eigenvalue weighted by Crippen LogP contribution is -2.37. The van der Waals surface area contributed by atoms with Crippen molar-refractivity contribution in [3.8, 4) is 0 Å². The minimum atomic E-state index is 0.0739. The third-order valence-electron chi connectivity index (χ3n) is 2.38. The van der Waals surface area contributed by atoms with Crippen LogP contribution in [0.25, 0.3) is 0 Å². The third kappa shape index (κ3) is 4.09. The molecule has 0 heterocycles. The fourth-order valence-corrected chi connectivity index (χ4v) is 2.12. The Bertz CT molecular complexity index is 167. The van der Waals surface area contributed by atoms with Gasteiger partial charge < -0.3 is 10.1 Å². The molecule has 0 aromatic rings. The Morgan fingerprint density at radius 2 is 2.08 bits per heavy atom. The molecule has 1 N–H and O–H groups in total. The van der Waals surface area contributed by atoms with Crippen molar-refractivity contribution >= 4 is 21.8 Å². The number of hydrogen-bond donors (Lipinski definition) is 1. The van der Waals surface area contributed by atoms with Crippen LogP contribution >= 0.6 is 15.9 Å². The largest absolute Gasteiger partial charge is 0.367 e. The highest BCUT2D eigenvalue weighted by atomic mass is 79.9. The van der Waals surface area contributed by atoms with Crippen molar-refractivity contribution in [3.05, 3.63) is 0 Å². The van der Waals surface area contributed by atoms with Gasteiger partial charge in [0, 0.05) is 13.0 Å². The van der Waals surface area contributed by atoms with Crippen molar-refractivity contribution in [1.82, 2.24) is 5.32 Å². The topological polar surface area (TPSA) is 38.3 Å². The normalized spacial score (nSPS) is 28.5. The van der Waals surface area contributed by atoms with E-state index in [0.29, 0.717) is 17.7 Å². The van der Waals surface area contributed by atoms with Gasteiger partial charge in [0.15, 0.2) is 0 Å². The molecule has 0 radical (unpaired) electrons. The predicted molar refractivity (Wildman–Crippen MR) is 54.7 cm³/mol. The average molecular weight is 250 g/mol. The maximum absolute atomic E-state index is 10.8. The molecule has 0 spiro atoms. The molecular weight excluding hydrogens is 234 g/mol. The number of rotatable bonds is 3. The summed E-state index contributed by atoms with van der Waals surface area (Å²) in [7, 11) is 0. The molecule has 1 aliphatic carbocycles. The molecule has 1 aliphatic rings. The number of carbonyl (C=O) groups is 1. The van der Waals surface area contributed by atoms with E-state index in [1.54, 1.807) is 6.92 Å². The summed E-state index contributed by atoms with van der Waals surface area (Å²) in [5.74, 6) is 0.0739. The van der Waals surface area contributed by atoms with Crippen LogP contribution in [0.1, 0.15) is 32.6 Å². The molecule has 1 saturated carbocycles. The molecule has 0 bridgehead atoms. The minimum Gasteiger partial charge on any atom is -0.367 e. The van der Waals surface area contributed by atoms with E-state index in [4.69, 9.17) is 4.74 Å². The van der Waals surface area contributed by atoms with Crippen LogP contribution in [0.4, 0.5) is 0 Å². The van der Waals surface area contributed by atoms with Gasteiger partial charge >= 0.3 is 0 Å². The summed E-state index contributed by atoms with van der Waals surface area (Å²) in [5.41, 5.74) is 0.614. The monoisotopic (exact) mass is 249 g/mol. The molecular formula is C9H16BrNO2. The molecule has 13 heavy (non-hydrogen) atoms. The lowest BCUT2D eigenvalue weighted by Gasteiger charge is -2.28. The zero-order valence-electron chi connectivity index (χ0n) is 7.88. The Hall–Kier alpha value is -0.0900. The molecule has 0 atom stereocenters. The van der Waals surface area contributed by atoms with Gasteiger partial charge in [-0.15, -0.1) is 0 Å². The van der Waals surface area contributed by atoms with E-state index in [0.717, 1.165) is 25.7 Å². The van der Waals surface area contributed by atoms with Crippen LogP contribution in [0.5, 0.6) is 0 Å². The van der Waals surface area contributed by atoms with Crippen LogP contribution < -0.4 is 5.32 Å². The first-order chi connectivity index (χ1) is 6.22. The molecule has 0 saturated heterocycles. The fourth-order valence-electron chi connectivity index (χ4n) is 1.75. The molecule has 0 aromatic carbocycles. The number of nitrogens with one attached hydrogen (secondary N) is 1. The van der Waals surface area contributed by atoms with Crippen molar-refractivity contribution in [2.45, 2.75) is 44.8 Å². The van der Waals surface area contributed by atoms with E-state index < -0.39 is 0 Å². The first kappa shape index (κ1) is 11.0. The van der Waals surface area contributed by atoms with Crippen molar-refractivity contribution in [1.29, 1.82) is 0 Å². The third-order valence-corrected chi connectivity index (χ3v) is 2.64. The SMILES string of the molecule is CC(=O)NC1CCC(OCBr)CC1. The molecule has 3 nitrogen and oxygen atoms in total. The molecule has 0 aromatic heterocycles. The number of halogens is 1. The summed E-state index contributed by atoms with van der Waals surface area (Å²) in [6.07, 6.45) is 4.56. The van der Waals surface area contributed by atoms with E-state index in [9.17, 15) is 4.79 Å². The lowest BCUT2D eigenvalue weighted by molar-refractivity contribution is -0.120. The van der Waals surface area contributed by atoms with E-state index in [1.807, 2.05) is 0 Å². The van der Waals surface area contributed by atoms with Crippen LogP contribution in [0, 0.1) is 0 Å². The van der Waals surface area contributed by atoms with E-state index in [1.165, 1.54) is 0 Å². The minimum absolute atomic E-state index is 0.0739. The maximum atomic E-state index is 10.8. The van der Waals surface area contributed by atoms with Crippen LogP contribution in [0.15, 0.2) is 0 Å². The van der Waals surface area contributed by atoms with Gasteiger partial charge in [-0.25, -0.2) is 0 Å². The van der Waals surface area contributed by atoms with Crippen molar-refractivity contribution in [3.63, 3.8) is 0 Å². The van der Waals surface area contributed by atoms with Gasteiger partial charge in [-0.1, -0.05) is 15.9 Å². The summed E-state index contributed by atoms with van der Waals surface area (Å²) in [6, 6.07) is 0.368. The maximum Gasteiger partial charge on any atom is 0.217 e. The van der Waals surface area contributed by atoms with Gasteiger partial charge in [0.1, 0.15) is 5.52 Å². The van der Waals surface area contributed by atoms with Crippen molar-refractivity contribution in [2.75, 3.05) is 5.52 Å². The quantitative estimate of drug-likeness (QED) is 0.775. The number of amides is 1. The second-order valence-corrected chi connectivity index (χ2v) is 3.91. The fraction of sp³-hybridized carbons (Fsp3) is 0.889. The first-order valence-corrected chi connectivity index (χ1v) is 5.79. The van der Waals surface area contributed by atoms with Gasteiger partial charge in [-0.3, -0.25) is 4.79 Å². The van der Waals surface area contributed by atoms with Gasteiger partial charge in [0.25, 0.3) is 0 Å². The average Bonchev–Trinajstić information content (AvgIpc) is 2.08.